The van der Waals surface area contributed by atoms with Crippen molar-refractivity contribution in [1.82, 2.24) is 0 Å². The van der Waals surface area contributed by atoms with Gasteiger partial charge in [0, 0.05) is 0 Å². The third-order valence-corrected chi connectivity index (χ3v) is 3.37. The van der Waals surface area contributed by atoms with Crippen LogP contribution in [0.4, 0.5) is 0 Å². The van der Waals surface area contributed by atoms with E-state index in [1.165, 1.54) is 0 Å². The molecule has 0 aromatic heterocycles. The smallest absolute Gasteiger partial charge is 0.119 e. The second kappa shape index (κ2) is 8.85. The fraction of sp³-hybridized carbons (Fsp3) is 0.647. The lowest BCUT2D eigenvalue weighted by Gasteiger charge is -2.21. The molecule has 1 aromatic rings. The van der Waals surface area contributed by atoms with E-state index in [9.17, 15) is 0 Å². The predicted octanol–water partition coefficient (Wildman–Crippen LogP) is 4.01. The third kappa shape index (κ3) is 6.80. The van der Waals surface area contributed by atoms with E-state index in [4.69, 9.17) is 15.2 Å². The quantitative estimate of drug-likeness (QED) is 0.658. The van der Waals surface area contributed by atoms with Crippen LogP contribution in [0.25, 0.3) is 0 Å². The number of ether oxygens (including phenoxy) is 2. The van der Waals surface area contributed by atoms with Crippen LogP contribution < -0.4 is 15.2 Å². The maximum absolute atomic E-state index is 5.73. The van der Waals surface area contributed by atoms with Gasteiger partial charge in [0.25, 0.3) is 0 Å². The van der Waals surface area contributed by atoms with E-state index >= 15 is 0 Å². The molecule has 3 heteroatoms. The molecule has 0 fully saturated rings. The minimum Gasteiger partial charge on any atom is -0.494 e. The highest BCUT2D eigenvalue weighted by Crippen LogP contribution is 2.22. The van der Waals surface area contributed by atoms with Crippen LogP contribution >= 0.6 is 0 Å². The summed E-state index contributed by atoms with van der Waals surface area (Å²) in [6.45, 7) is 8.79. The number of benzene rings is 1. The average Bonchev–Trinajstić information content (AvgIpc) is 2.46. The molecule has 0 saturated heterocycles. The van der Waals surface area contributed by atoms with Gasteiger partial charge in [-0.15, -0.1) is 0 Å². The summed E-state index contributed by atoms with van der Waals surface area (Å²) in [7, 11) is 0. The summed E-state index contributed by atoms with van der Waals surface area (Å²) in [4.78, 5) is 0. The molecule has 0 spiro atoms. The Balaban J connectivity index is 2.19. The topological polar surface area (TPSA) is 44.5 Å². The van der Waals surface area contributed by atoms with Gasteiger partial charge in [-0.05, 0) is 61.9 Å². The van der Waals surface area contributed by atoms with Gasteiger partial charge < -0.3 is 15.2 Å². The van der Waals surface area contributed by atoms with Crippen LogP contribution in [0.5, 0.6) is 11.5 Å². The van der Waals surface area contributed by atoms with Gasteiger partial charge in [0.05, 0.1) is 13.2 Å². The molecule has 114 valence electrons. The lowest BCUT2D eigenvalue weighted by molar-refractivity contribution is 0.278. The monoisotopic (exact) mass is 279 g/mol. The first-order chi connectivity index (χ1) is 9.57. The highest BCUT2D eigenvalue weighted by molar-refractivity contribution is 5.31. The van der Waals surface area contributed by atoms with E-state index in [0.29, 0.717) is 0 Å². The largest absolute Gasteiger partial charge is 0.494 e. The molecule has 0 unspecified atom stereocenters. The summed E-state index contributed by atoms with van der Waals surface area (Å²) < 4.78 is 11.3. The number of rotatable bonds is 10. The van der Waals surface area contributed by atoms with Crippen molar-refractivity contribution in [3.63, 3.8) is 0 Å². The first-order valence-corrected chi connectivity index (χ1v) is 7.63. The molecule has 2 N–H and O–H groups in total. The molecule has 0 saturated carbocycles. The fourth-order valence-corrected chi connectivity index (χ4v) is 1.85. The standard InChI is InChI=1S/C17H29NO2/c1-4-12-19-15-7-9-16(10-8-15)20-13-6-5-11-17(2,3)14-18/h7-10H,4-6,11-14,18H2,1-3H3. The first kappa shape index (κ1) is 16.8. The first-order valence-electron chi connectivity index (χ1n) is 7.63. The van der Waals surface area contributed by atoms with Crippen LogP contribution in [0, 0.1) is 5.41 Å². The maximum atomic E-state index is 5.73. The summed E-state index contributed by atoms with van der Waals surface area (Å²) in [6, 6.07) is 7.86. The zero-order valence-corrected chi connectivity index (χ0v) is 13.2. The van der Waals surface area contributed by atoms with Crippen molar-refractivity contribution in [1.29, 1.82) is 0 Å². The fourth-order valence-electron chi connectivity index (χ4n) is 1.85. The summed E-state index contributed by atoms with van der Waals surface area (Å²) in [5.74, 6) is 1.82. The van der Waals surface area contributed by atoms with Gasteiger partial charge in [0.1, 0.15) is 11.5 Å². The second-order valence-electron chi connectivity index (χ2n) is 5.99. The molecule has 0 amide bonds. The van der Waals surface area contributed by atoms with Crippen LogP contribution in [0.1, 0.15) is 46.5 Å². The van der Waals surface area contributed by atoms with E-state index in [0.717, 1.165) is 56.9 Å². The van der Waals surface area contributed by atoms with Crippen LogP contribution in [0.15, 0.2) is 24.3 Å². The number of nitrogens with two attached hydrogens (primary N) is 1. The van der Waals surface area contributed by atoms with Crippen molar-refractivity contribution in [3.8, 4) is 11.5 Å². The maximum Gasteiger partial charge on any atom is 0.119 e. The minimum absolute atomic E-state index is 0.248. The SMILES string of the molecule is CCCOc1ccc(OCCCCC(C)(C)CN)cc1. The highest BCUT2D eigenvalue weighted by atomic mass is 16.5. The Morgan fingerprint density at radius 2 is 1.50 bits per heavy atom. The van der Waals surface area contributed by atoms with Gasteiger partial charge in [-0.25, -0.2) is 0 Å². The number of hydrogen-bond acceptors (Lipinski definition) is 3. The van der Waals surface area contributed by atoms with Crippen LogP contribution in [0.3, 0.4) is 0 Å². The Labute approximate surface area is 123 Å². The van der Waals surface area contributed by atoms with Crippen molar-refractivity contribution in [2.24, 2.45) is 11.1 Å². The van der Waals surface area contributed by atoms with E-state index < -0.39 is 0 Å². The molecule has 1 rings (SSSR count). The van der Waals surface area contributed by atoms with Gasteiger partial charge in [-0.3, -0.25) is 0 Å². The molecular formula is C17H29NO2. The molecule has 0 atom stereocenters. The van der Waals surface area contributed by atoms with E-state index in [-0.39, 0.29) is 5.41 Å². The Morgan fingerprint density at radius 1 is 0.950 bits per heavy atom. The van der Waals surface area contributed by atoms with Crippen molar-refractivity contribution < 1.29 is 9.47 Å². The van der Waals surface area contributed by atoms with E-state index in [1.54, 1.807) is 0 Å². The predicted molar refractivity (Wildman–Crippen MR) is 84.4 cm³/mol. The van der Waals surface area contributed by atoms with Crippen molar-refractivity contribution in [3.05, 3.63) is 24.3 Å². The Hall–Kier alpha value is -1.22. The van der Waals surface area contributed by atoms with E-state index in [2.05, 4.69) is 20.8 Å². The summed E-state index contributed by atoms with van der Waals surface area (Å²) >= 11 is 0. The molecule has 0 aliphatic heterocycles. The molecule has 0 aliphatic carbocycles. The Kier molecular flexibility index (Phi) is 7.45. The lowest BCUT2D eigenvalue weighted by atomic mass is 9.87. The Morgan fingerprint density at radius 3 is 2.00 bits per heavy atom. The molecule has 0 aliphatic rings. The van der Waals surface area contributed by atoms with Gasteiger partial charge in [-0.2, -0.15) is 0 Å². The number of unbranched alkanes of at least 4 members (excludes halogenated alkanes) is 1. The molecule has 0 bridgehead atoms. The van der Waals surface area contributed by atoms with Crippen LogP contribution in [-0.2, 0) is 0 Å². The summed E-state index contributed by atoms with van der Waals surface area (Å²) in [5, 5.41) is 0. The van der Waals surface area contributed by atoms with Crippen LogP contribution in [-0.4, -0.2) is 19.8 Å². The number of hydrogen-bond donors (Lipinski definition) is 1. The van der Waals surface area contributed by atoms with Crippen molar-refractivity contribution in [2.75, 3.05) is 19.8 Å². The molecule has 20 heavy (non-hydrogen) atoms. The van der Waals surface area contributed by atoms with Gasteiger partial charge in [0.15, 0.2) is 0 Å². The lowest BCUT2D eigenvalue weighted by Crippen LogP contribution is -2.23. The minimum atomic E-state index is 0.248. The average molecular weight is 279 g/mol. The molecule has 3 nitrogen and oxygen atoms in total. The second-order valence-corrected chi connectivity index (χ2v) is 5.99. The van der Waals surface area contributed by atoms with Crippen molar-refractivity contribution in [2.45, 2.75) is 46.5 Å². The molecule has 0 heterocycles. The molecule has 1 aromatic carbocycles. The van der Waals surface area contributed by atoms with Gasteiger partial charge in [0.2, 0.25) is 0 Å². The summed E-state index contributed by atoms with van der Waals surface area (Å²) in [5.41, 5.74) is 5.97. The van der Waals surface area contributed by atoms with Crippen LogP contribution in [0.2, 0.25) is 0 Å². The van der Waals surface area contributed by atoms with E-state index in [1.807, 2.05) is 24.3 Å². The normalized spacial score (nSPS) is 11.4. The Bertz CT molecular complexity index is 360. The zero-order chi connectivity index (χ0) is 14.8. The van der Waals surface area contributed by atoms with Crippen molar-refractivity contribution >= 4 is 0 Å². The van der Waals surface area contributed by atoms with Gasteiger partial charge >= 0.3 is 0 Å². The van der Waals surface area contributed by atoms with Gasteiger partial charge in [-0.1, -0.05) is 20.8 Å². The molecular weight excluding hydrogens is 250 g/mol. The zero-order valence-electron chi connectivity index (χ0n) is 13.2. The third-order valence-electron chi connectivity index (χ3n) is 3.37. The highest BCUT2D eigenvalue weighted by Gasteiger charge is 2.14. The molecule has 0 radical (unpaired) electrons. The summed E-state index contributed by atoms with van der Waals surface area (Å²) in [6.07, 6.45) is 4.40.